The van der Waals surface area contributed by atoms with Gasteiger partial charge in [-0.2, -0.15) is 0 Å². The van der Waals surface area contributed by atoms with E-state index in [1.807, 2.05) is 11.8 Å². The fourth-order valence-corrected chi connectivity index (χ4v) is 2.68. The second-order valence-electron chi connectivity index (χ2n) is 4.88. The number of amides is 2. The number of rotatable bonds is 3. The van der Waals surface area contributed by atoms with Crippen molar-refractivity contribution in [3.63, 3.8) is 0 Å². The first-order valence-corrected chi connectivity index (χ1v) is 6.48. The minimum absolute atomic E-state index is 0.165. The third-order valence-corrected chi connectivity index (χ3v) is 3.70. The molecule has 5 nitrogen and oxygen atoms in total. The minimum Gasteiger partial charge on any atom is -0.353 e. The molecule has 0 spiro atoms. The second-order valence-corrected chi connectivity index (χ2v) is 4.88. The zero-order valence-corrected chi connectivity index (χ0v) is 10.4. The molecule has 2 aliphatic heterocycles. The van der Waals surface area contributed by atoms with Crippen LogP contribution in [0.1, 0.15) is 26.2 Å². The number of likely N-dealkylation sites (N-methyl/N-ethyl adjacent to an activating group) is 1. The van der Waals surface area contributed by atoms with Crippen LogP contribution in [0.25, 0.3) is 0 Å². The zero-order valence-electron chi connectivity index (χ0n) is 10.4. The van der Waals surface area contributed by atoms with Crippen LogP contribution >= 0.6 is 0 Å². The van der Waals surface area contributed by atoms with Gasteiger partial charge in [0, 0.05) is 25.6 Å². The van der Waals surface area contributed by atoms with Crippen LogP contribution in [-0.4, -0.2) is 48.9 Å². The van der Waals surface area contributed by atoms with E-state index in [0.717, 1.165) is 32.5 Å². The molecular formula is C12H21N3O2. The van der Waals surface area contributed by atoms with Crippen LogP contribution in [0.3, 0.4) is 0 Å². The molecule has 2 atom stereocenters. The maximum atomic E-state index is 11.9. The van der Waals surface area contributed by atoms with Crippen LogP contribution in [0.4, 0.5) is 0 Å². The molecule has 0 radical (unpaired) electrons. The molecule has 2 heterocycles. The lowest BCUT2D eigenvalue weighted by molar-refractivity contribution is -0.133. The first-order valence-electron chi connectivity index (χ1n) is 6.48. The van der Waals surface area contributed by atoms with E-state index in [9.17, 15) is 9.59 Å². The third kappa shape index (κ3) is 2.97. The Morgan fingerprint density at radius 2 is 2.35 bits per heavy atom. The highest BCUT2D eigenvalue weighted by Crippen LogP contribution is 2.25. The Morgan fingerprint density at radius 3 is 3.12 bits per heavy atom. The summed E-state index contributed by atoms with van der Waals surface area (Å²) in [5.41, 5.74) is 0. The number of hydrogen-bond acceptors (Lipinski definition) is 3. The molecule has 2 saturated heterocycles. The number of carbonyl (C=O) groups is 2. The fraction of sp³-hybridized carbons (Fsp3) is 0.833. The molecule has 2 rings (SSSR count). The van der Waals surface area contributed by atoms with Crippen molar-refractivity contribution in [3.05, 3.63) is 0 Å². The molecule has 0 aromatic heterocycles. The number of hydrogen-bond donors (Lipinski definition) is 2. The average molecular weight is 239 g/mol. The van der Waals surface area contributed by atoms with Crippen LogP contribution in [0.5, 0.6) is 0 Å². The van der Waals surface area contributed by atoms with Gasteiger partial charge in [-0.25, -0.2) is 0 Å². The molecule has 5 heteroatoms. The summed E-state index contributed by atoms with van der Waals surface area (Å²) in [5, 5.41) is 6.09. The molecule has 2 aliphatic rings. The van der Waals surface area contributed by atoms with Gasteiger partial charge in [-0.05, 0) is 25.3 Å². The fourth-order valence-electron chi connectivity index (χ4n) is 2.68. The highest BCUT2D eigenvalue weighted by atomic mass is 16.2. The molecule has 0 aliphatic carbocycles. The first-order chi connectivity index (χ1) is 8.20. The SMILES string of the molecule is CCNCC(=O)N1CCC2NC(=O)CCC2C1. The zero-order chi connectivity index (χ0) is 12.3. The van der Waals surface area contributed by atoms with Gasteiger partial charge in [-0.1, -0.05) is 6.92 Å². The van der Waals surface area contributed by atoms with E-state index in [-0.39, 0.29) is 11.8 Å². The quantitative estimate of drug-likeness (QED) is 0.712. The average Bonchev–Trinajstić information content (AvgIpc) is 2.35. The summed E-state index contributed by atoms with van der Waals surface area (Å²) in [4.78, 5) is 25.1. The van der Waals surface area contributed by atoms with Crippen LogP contribution in [-0.2, 0) is 9.59 Å². The summed E-state index contributed by atoms with van der Waals surface area (Å²) in [5.74, 6) is 0.799. The Morgan fingerprint density at radius 1 is 1.53 bits per heavy atom. The van der Waals surface area contributed by atoms with Crippen molar-refractivity contribution in [1.29, 1.82) is 0 Å². The monoisotopic (exact) mass is 239 g/mol. The summed E-state index contributed by atoms with van der Waals surface area (Å²) < 4.78 is 0. The van der Waals surface area contributed by atoms with Crippen LogP contribution in [0.2, 0.25) is 0 Å². The van der Waals surface area contributed by atoms with E-state index in [1.165, 1.54) is 0 Å². The predicted octanol–water partition coefficient (Wildman–Crippen LogP) is -0.277. The van der Waals surface area contributed by atoms with Crippen molar-refractivity contribution in [3.8, 4) is 0 Å². The molecule has 0 aromatic rings. The van der Waals surface area contributed by atoms with Gasteiger partial charge in [0.1, 0.15) is 0 Å². The summed E-state index contributed by atoms with van der Waals surface area (Å²) in [6, 6.07) is 0.291. The summed E-state index contributed by atoms with van der Waals surface area (Å²) in [6.07, 6.45) is 2.42. The van der Waals surface area contributed by atoms with E-state index in [0.29, 0.717) is 24.9 Å². The van der Waals surface area contributed by atoms with Gasteiger partial charge in [0.2, 0.25) is 11.8 Å². The molecule has 0 bridgehead atoms. The number of likely N-dealkylation sites (tertiary alicyclic amines) is 1. The molecule has 2 fully saturated rings. The largest absolute Gasteiger partial charge is 0.353 e. The van der Waals surface area contributed by atoms with Crippen molar-refractivity contribution in [2.45, 2.75) is 32.2 Å². The maximum absolute atomic E-state index is 11.9. The van der Waals surface area contributed by atoms with Crippen molar-refractivity contribution in [2.24, 2.45) is 5.92 Å². The van der Waals surface area contributed by atoms with Crippen molar-refractivity contribution in [1.82, 2.24) is 15.5 Å². The molecule has 17 heavy (non-hydrogen) atoms. The number of carbonyl (C=O) groups excluding carboxylic acids is 2. The lowest BCUT2D eigenvalue weighted by Crippen LogP contribution is -2.56. The van der Waals surface area contributed by atoms with E-state index in [1.54, 1.807) is 0 Å². The van der Waals surface area contributed by atoms with Crippen LogP contribution < -0.4 is 10.6 Å². The highest BCUT2D eigenvalue weighted by Gasteiger charge is 2.34. The third-order valence-electron chi connectivity index (χ3n) is 3.70. The lowest BCUT2D eigenvalue weighted by Gasteiger charge is -2.41. The van der Waals surface area contributed by atoms with E-state index in [2.05, 4.69) is 10.6 Å². The first kappa shape index (κ1) is 12.4. The van der Waals surface area contributed by atoms with E-state index in [4.69, 9.17) is 0 Å². The molecule has 2 N–H and O–H groups in total. The molecule has 2 unspecified atom stereocenters. The number of nitrogens with zero attached hydrogens (tertiary/aromatic N) is 1. The maximum Gasteiger partial charge on any atom is 0.236 e. The van der Waals surface area contributed by atoms with Gasteiger partial charge >= 0.3 is 0 Å². The Balaban J connectivity index is 1.85. The topological polar surface area (TPSA) is 61.4 Å². The normalized spacial score (nSPS) is 28.5. The number of piperidine rings is 2. The molecular weight excluding hydrogens is 218 g/mol. The Bertz CT molecular complexity index is 306. The second kappa shape index (κ2) is 5.49. The van der Waals surface area contributed by atoms with E-state index < -0.39 is 0 Å². The van der Waals surface area contributed by atoms with Gasteiger partial charge in [0.05, 0.1) is 6.54 Å². The number of nitrogens with one attached hydrogen (secondary N) is 2. The van der Waals surface area contributed by atoms with Gasteiger partial charge in [-0.3, -0.25) is 9.59 Å². The van der Waals surface area contributed by atoms with E-state index >= 15 is 0 Å². The van der Waals surface area contributed by atoms with Crippen LogP contribution in [0.15, 0.2) is 0 Å². The van der Waals surface area contributed by atoms with Crippen molar-refractivity contribution < 1.29 is 9.59 Å². The smallest absolute Gasteiger partial charge is 0.236 e. The standard InChI is InChI=1S/C12H21N3O2/c1-2-13-7-12(17)15-6-5-10-9(8-15)3-4-11(16)14-10/h9-10,13H,2-8H2,1H3,(H,14,16). The Hall–Kier alpha value is -1.10. The molecule has 0 aromatic carbocycles. The summed E-state index contributed by atoms with van der Waals surface area (Å²) >= 11 is 0. The Kier molecular flexibility index (Phi) is 3.99. The van der Waals surface area contributed by atoms with Crippen LogP contribution in [0, 0.1) is 5.92 Å². The van der Waals surface area contributed by atoms with Gasteiger partial charge < -0.3 is 15.5 Å². The van der Waals surface area contributed by atoms with Gasteiger partial charge in [0.25, 0.3) is 0 Å². The summed E-state index contributed by atoms with van der Waals surface area (Å²) in [7, 11) is 0. The lowest BCUT2D eigenvalue weighted by atomic mass is 9.85. The molecule has 0 saturated carbocycles. The van der Waals surface area contributed by atoms with Gasteiger partial charge in [0.15, 0.2) is 0 Å². The summed E-state index contributed by atoms with van der Waals surface area (Å²) in [6.45, 7) is 4.82. The van der Waals surface area contributed by atoms with Crippen molar-refractivity contribution >= 4 is 11.8 Å². The predicted molar refractivity (Wildman–Crippen MR) is 64.4 cm³/mol. The Labute approximate surface area is 102 Å². The minimum atomic E-state index is 0.165. The highest BCUT2D eigenvalue weighted by molar-refractivity contribution is 5.79. The number of fused-ring (bicyclic) bond motifs is 1. The molecule has 96 valence electrons. The van der Waals surface area contributed by atoms with Gasteiger partial charge in [-0.15, -0.1) is 0 Å². The molecule has 2 amide bonds. The van der Waals surface area contributed by atoms with Crippen molar-refractivity contribution in [2.75, 3.05) is 26.2 Å².